The smallest absolute Gasteiger partial charge is 0.0281 e. The Kier molecular flexibility index (Phi) is 3.39. The summed E-state index contributed by atoms with van der Waals surface area (Å²) in [7, 11) is 0. The average Bonchev–Trinajstić information content (AvgIpc) is 2.29. The van der Waals surface area contributed by atoms with Crippen LogP contribution in [0.5, 0.6) is 0 Å². The van der Waals surface area contributed by atoms with Crippen molar-refractivity contribution in [1.29, 1.82) is 0 Å². The molecule has 1 aliphatic rings. The zero-order valence-electron chi connectivity index (χ0n) is 9.42. The predicted molar refractivity (Wildman–Crippen MR) is 63.8 cm³/mol. The highest BCUT2D eigenvalue weighted by Gasteiger charge is 2.25. The quantitative estimate of drug-likeness (QED) is 0.786. The van der Waals surface area contributed by atoms with Gasteiger partial charge in [-0.15, -0.1) is 0 Å². The molecular formula is C13H20N2. The molecule has 2 N–H and O–H groups in total. The topological polar surface area (TPSA) is 24.1 Å². The summed E-state index contributed by atoms with van der Waals surface area (Å²) in [5.74, 6) is 0. The molecule has 2 nitrogen and oxygen atoms in total. The van der Waals surface area contributed by atoms with Gasteiger partial charge >= 0.3 is 0 Å². The molecule has 1 atom stereocenters. The van der Waals surface area contributed by atoms with E-state index in [1.165, 1.54) is 24.9 Å². The highest BCUT2D eigenvalue weighted by Crippen LogP contribution is 2.15. The van der Waals surface area contributed by atoms with E-state index in [1.807, 2.05) is 0 Å². The van der Waals surface area contributed by atoms with Crippen LogP contribution in [0.15, 0.2) is 30.3 Å². The van der Waals surface area contributed by atoms with Crippen LogP contribution in [-0.4, -0.2) is 18.6 Å². The van der Waals surface area contributed by atoms with Gasteiger partial charge in [-0.2, -0.15) is 0 Å². The minimum atomic E-state index is 0.272. The van der Waals surface area contributed by atoms with E-state index < -0.39 is 0 Å². The first-order valence-electron chi connectivity index (χ1n) is 5.78. The van der Waals surface area contributed by atoms with Gasteiger partial charge in [-0.05, 0) is 31.9 Å². The molecule has 1 heterocycles. The molecule has 1 fully saturated rings. The number of piperidine rings is 1. The second kappa shape index (κ2) is 4.77. The molecule has 1 saturated heterocycles. The van der Waals surface area contributed by atoms with E-state index in [0.29, 0.717) is 0 Å². The Morgan fingerprint density at radius 1 is 1.33 bits per heavy atom. The van der Waals surface area contributed by atoms with E-state index in [-0.39, 0.29) is 5.54 Å². The first-order chi connectivity index (χ1) is 7.29. The maximum Gasteiger partial charge on any atom is 0.0281 e. The van der Waals surface area contributed by atoms with Crippen molar-refractivity contribution in [3.05, 3.63) is 35.9 Å². The molecule has 1 aromatic carbocycles. The van der Waals surface area contributed by atoms with Gasteiger partial charge in [0.15, 0.2) is 0 Å². The number of benzene rings is 1. The molecule has 2 heteroatoms. The van der Waals surface area contributed by atoms with E-state index in [0.717, 1.165) is 13.1 Å². The molecule has 0 aromatic heterocycles. The van der Waals surface area contributed by atoms with Crippen molar-refractivity contribution in [2.75, 3.05) is 13.1 Å². The molecule has 0 amide bonds. The van der Waals surface area contributed by atoms with Crippen LogP contribution in [0.4, 0.5) is 0 Å². The molecule has 0 saturated carbocycles. The second-order valence-corrected chi connectivity index (χ2v) is 4.68. The minimum Gasteiger partial charge on any atom is -0.315 e. The third kappa shape index (κ3) is 3.05. The van der Waals surface area contributed by atoms with Gasteiger partial charge in [0.05, 0.1) is 0 Å². The molecule has 15 heavy (non-hydrogen) atoms. The fourth-order valence-corrected chi connectivity index (χ4v) is 2.12. The third-order valence-electron chi connectivity index (χ3n) is 3.16. The first-order valence-corrected chi connectivity index (χ1v) is 5.78. The second-order valence-electron chi connectivity index (χ2n) is 4.68. The summed E-state index contributed by atoms with van der Waals surface area (Å²) < 4.78 is 0. The third-order valence-corrected chi connectivity index (χ3v) is 3.16. The molecule has 1 aliphatic heterocycles. The Morgan fingerprint density at radius 2 is 2.13 bits per heavy atom. The van der Waals surface area contributed by atoms with Crippen molar-refractivity contribution in [2.45, 2.75) is 31.8 Å². The van der Waals surface area contributed by atoms with Gasteiger partial charge in [0.25, 0.3) is 0 Å². The molecule has 1 unspecified atom stereocenters. The molecule has 0 spiro atoms. The van der Waals surface area contributed by atoms with Crippen LogP contribution in [0.2, 0.25) is 0 Å². The van der Waals surface area contributed by atoms with Crippen molar-refractivity contribution in [3.8, 4) is 0 Å². The Bertz CT molecular complexity index is 289. The minimum absolute atomic E-state index is 0.272. The summed E-state index contributed by atoms with van der Waals surface area (Å²) in [6, 6.07) is 10.6. The Labute approximate surface area is 92.1 Å². The van der Waals surface area contributed by atoms with E-state index in [9.17, 15) is 0 Å². The van der Waals surface area contributed by atoms with Gasteiger partial charge in [0.2, 0.25) is 0 Å². The normalized spacial score (nSPS) is 26.5. The van der Waals surface area contributed by atoms with Gasteiger partial charge < -0.3 is 10.6 Å². The van der Waals surface area contributed by atoms with E-state index >= 15 is 0 Å². The summed E-state index contributed by atoms with van der Waals surface area (Å²) in [4.78, 5) is 0. The lowest BCUT2D eigenvalue weighted by Crippen LogP contribution is -2.53. The zero-order chi connectivity index (χ0) is 10.6. The Balaban J connectivity index is 1.87. The summed E-state index contributed by atoms with van der Waals surface area (Å²) in [6.45, 7) is 5.53. The van der Waals surface area contributed by atoms with E-state index in [1.54, 1.807) is 0 Å². The number of rotatable bonds is 3. The largest absolute Gasteiger partial charge is 0.315 e. The van der Waals surface area contributed by atoms with Crippen LogP contribution in [0.1, 0.15) is 25.3 Å². The summed E-state index contributed by atoms with van der Waals surface area (Å²) in [6.07, 6.45) is 2.55. The number of hydrogen-bond acceptors (Lipinski definition) is 2. The van der Waals surface area contributed by atoms with Crippen LogP contribution in [-0.2, 0) is 6.54 Å². The summed E-state index contributed by atoms with van der Waals surface area (Å²) >= 11 is 0. The van der Waals surface area contributed by atoms with Crippen LogP contribution in [0.25, 0.3) is 0 Å². The lowest BCUT2D eigenvalue weighted by Gasteiger charge is -2.35. The average molecular weight is 204 g/mol. The molecule has 1 aromatic rings. The van der Waals surface area contributed by atoms with Gasteiger partial charge in [0, 0.05) is 18.6 Å². The summed E-state index contributed by atoms with van der Waals surface area (Å²) in [5, 5.41) is 7.10. The fraction of sp³-hybridized carbons (Fsp3) is 0.538. The van der Waals surface area contributed by atoms with Gasteiger partial charge in [-0.1, -0.05) is 30.3 Å². The highest BCUT2D eigenvalue weighted by atomic mass is 15.0. The summed E-state index contributed by atoms with van der Waals surface area (Å²) in [5.41, 5.74) is 1.64. The number of nitrogens with one attached hydrogen (secondary N) is 2. The predicted octanol–water partition coefficient (Wildman–Crippen LogP) is 1.92. The highest BCUT2D eigenvalue weighted by molar-refractivity contribution is 5.14. The van der Waals surface area contributed by atoms with E-state index in [2.05, 4.69) is 47.9 Å². The van der Waals surface area contributed by atoms with Crippen LogP contribution in [0.3, 0.4) is 0 Å². The zero-order valence-corrected chi connectivity index (χ0v) is 9.42. The van der Waals surface area contributed by atoms with Gasteiger partial charge in [0.1, 0.15) is 0 Å². The Hall–Kier alpha value is -0.860. The monoisotopic (exact) mass is 204 g/mol. The van der Waals surface area contributed by atoms with Crippen molar-refractivity contribution in [3.63, 3.8) is 0 Å². The number of hydrogen-bond donors (Lipinski definition) is 2. The van der Waals surface area contributed by atoms with Crippen LogP contribution < -0.4 is 10.6 Å². The van der Waals surface area contributed by atoms with E-state index in [4.69, 9.17) is 0 Å². The molecule has 82 valence electrons. The van der Waals surface area contributed by atoms with Crippen LogP contribution in [0, 0.1) is 0 Å². The van der Waals surface area contributed by atoms with Crippen molar-refractivity contribution in [2.24, 2.45) is 0 Å². The molecular weight excluding hydrogens is 184 g/mol. The van der Waals surface area contributed by atoms with Crippen LogP contribution >= 0.6 is 0 Å². The van der Waals surface area contributed by atoms with Crippen molar-refractivity contribution in [1.82, 2.24) is 10.6 Å². The molecule has 2 rings (SSSR count). The first kappa shape index (κ1) is 10.7. The molecule has 0 aliphatic carbocycles. The van der Waals surface area contributed by atoms with Gasteiger partial charge in [-0.3, -0.25) is 0 Å². The maximum atomic E-state index is 3.65. The standard InChI is InChI=1S/C13H20N2/c1-13(8-5-9-14-11-13)15-10-12-6-3-2-4-7-12/h2-4,6-7,14-15H,5,8-11H2,1H3. The molecule has 0 radical (unpaired) electrons. The maximum absolute atomic E-state index is 3.65. The lowest BCUT2D eigenvalue weighted by atomic mass is 9.92. The van der Waals surface area contributed by atoms with Gasteiger partial charge in [-0.25, -0.2) is 0 Å². The van der Waals surface area contributed by atoms with Crippen molar-refractivity contribution >= 4 is 0 Å². The Morgan fingerprint density at radius 3 is 2.80 bits per heavy atom. The molecule has 0 bridgehead atoms. The fourth-order valence-electron chi connectivity index (χ4n) is 2.12. The SMILES string of the molecule is CC1(NCc2ccccc2)CCCNC1. The van der Waals surface area contributed by atoms with Crippen molar-refractivity contribution < 1.29 is 0 Å². The lowest BCUT2D eigenvalue weighted by molar-refractivity contribution is 0.270.